The summed E-state index contributed by atoms with van der Waals surface area (Å²) in [6, 6.07) is 5.24. The second kappa shape index (κ2) is 5.33. The van der Waals surface area contributed by atoms with Gasteiger partial charge in [0.25, 0.3) is 0 Å². The molecule has 0 spiro atoms. The van der Waals surface area contributed by atoms with Gasteiger partial charge in [0.1, 0.15) is 17.6 Å². The number of hydrogen-bond acceptors (Lipinski definition) is 4. The monoisotopic (exact) mass is 296 g/mol. The molecule has 2 rings (SSSR count). The largest absolute Gasteiger partial charge is 0.467 e. The van der Waals surface area contributed by atoms with Crippen LogP contribution in [0.25, 0.3) is 0 Å². The fourth-order valence-corrected chi connectivity index (χ4v) is 1.71. The molecule has 1 atom stereocenters. The number of aromatic nitrogens is 1. The molecule has 2 aromatic heterocycles. The predicted molar refractivity (Wildman–Crippen MR) is 68.8 cm³/mol. The first-order chi connectivity index (χ1) is 8.20. The number of aliphatic hydroxyl groups is 1. The van der Waals surface area contributed by atoms with Crippen molar-refractivity contribution in [2.24, 2.45) is 0 Å². The van der Waals surface area contributed by atoms with Gasteiger partial charge < -0.3 is 14.8 Å². The third-order valence-electron chi connectivity index (χ3n) is 2.44. The Bertz CT molecular complexity index is 485. The van der Waals surface area contributed by atoms with Crippen LogP contribution in [0.15, 0.2) is 39.5 Å². The predicted octanol–water partition coefficient (Wildman–Crippen LogP) is 2.89. The zero-order valence-electron chi connectivity index (χ0n) is 9.35. The average Bonchev–Trinajstić information content (AvgIpc) is 2.84. The van der Waals surface area contributed by atoms with Crippen LogP contribution in [0, 0.1) is 6.92 Å². The van der Waals surface area contributed by atoms with Gasteiger partial charge in [-0.3, -0.25) is 0 Å². The molecule has 0 saturated carbocycles. The highest BCUT2D eigenvalue weighted by atomic mass is 79.9. The number of rotatable bonds is 4. The molecule has 0 unspecified atom stereocenters. The zero-order chi connectivity index (χ0) is 12.3. The fraction of sp³-hybridized carbons (Fsp3) is 0.250. The maximum atomic E-state index is 9.32. The van der Waals surface area contributed by atoms with Gasteiger partial charge in [0.15, 0.2) is 0 Å². The summed E-state index contributed by atoms with van der Waals surface area (Å²) in [5.74, 6) is 1.40. The molecular weight excluding hydrogens is 284 g/mol. The van der Waals surface area contributed by atoms with Crippen molar-refractivity contribution in [3.63, 3.8) is 0 Å². The third-order valence-corrected chi connectivity index (χ3v) is 3.27. The van der Waals surface area contributed by atoms with Crippen molar-refractivity contribution in [2.75, 3.05) is 11.9 Å². The van der Waals surface area contributed by atoms with Gasteiger partial charge in [0.05, 0.1) is 12.9 Å². The Morgan fingerprint density at radius 1 is 1.59 bits per heavy atom. The SMILES string of the molecule is Cc1cc(N[C@@H](CO)c2ccco2)ncc1Br. The van der Waals surface area contributed by atoms with E-state index in [-0.39, 0.29) is 12.6 Å². The molecule has 0 radical (unpaired) electrons. The smallest absolute Gasteiger partial charge is 0.128 e. The lowest BCUT2D eigenvalue weighted by atomic mass is 10.2. The first kappa shape index (κ1) is 12.1. The van der Waals surface area contributed by atoms with Crippen molar-refractivity contribution in [2.45, 2.75) is 13.0 Å². The summed E-state index contributed by atoms with van der Waals surface area (Å²) in [5.41, 5.74) is 1.08. The zero-order valence-corrected chi connectivity index (χ0v) is 10.9. The summed E-state index contributed by atoms with van der Waals surface area (Å²) in [6.07, 6.45) is 3.31. The molecular formula is C12H13BrN2O2. The Hall–Kier alpha value is -1.33. The minimum absolute atomic E-state index is 0.0513. The minimum Gasteiger partial charge on any atom is -0.467 e. The molecule has 5 heteroatoms. The minimum atomic E-state index is -0.280. The molecule has 0 saturated heterocycles. The van der Waals surface area contributed by atoms with Crippen LogP contribution in [0.2, 0.25) is 0 Å². The van der Waals surface area contributed by atoms with E-state index in [0.717, 1.165) is 10.0 Å². The number of anilines is 1. The normalized spacial score (nSPS) is 12.4. The Morgan fingerprint density at radius 2 is 2.41 bits per heavy atom. The van der Waals surface area contributed by atoms with Gasteiger partial charge in [-0.1, -0.05) is 0 Å². The Labute approximate surface area is 108 Å². The standard InChI is InChI=1S/C12H13BrN2O2/c1-8-5-12(14-6-9(8)13)15-10(7-16)11-3-2-4-17-11/h2-6,10,16H,7H2,1H3,(H,14,15)/t10-/m0/s1. The number of pyridine rings is 1. The number of aryl methyl sites for hydroxylation is 1. The van der Waals surface area contributed by atoms with E-state index in [2.05, 4.69) is 26.2 Å². The van der Waals surface area contributed by atoms with E-state index in [4.69, 9.17) is 4.42 Å². The van der Waals surface area contributed by atoms with E-state index in [1.54, 1.807) is 18.5 Å². The van der Waals surface area contributed by atoms with E-state index in [1.807, 2.05) is 19.1 Å². The lowest BCUT2D eigenvalue weighted by Gasteiger charge is -2.15. The molecule has 0 aromatic carbocycles. The highest BCUT2D eigenvalue weighted by Gasteiger charge is 2.13. The van der Waals surface area contributed by atoms with Crippen molar-refractivity contribution in [1.82, 2.24) is 4.98 Å². The van der Waals surface area contributed by atoms with Crippen LogP contribution in [0.1, 0.15) is 17.4 Å². The van der Waals surface area contributed by atoms with Gasteiger partial charge in [-0.15, -0.1) is 0 Å². The summed E-state index contributed by atoms with van der Waals surface area (Å²) < 4.78 is 6.21. The lowest BCUT2D eigenvalue weighted by Crippen LogP contribution is -2.15. The molecule has 17 heavy (non-hydrogen) atoms. The number of halogens is 1. The maximum absolute atomic E-state index is 9.32. The van der Waals surface area contributed by atoms with Gasteiger partial charge in [-0.05, 0) is 46.6 Å². The lowest BCUT2D eigenvalue weighted by molar-refractivity contribution is 0.261. The van der Waals surface area contributed by atoms with Crippen LogP contribution in [-0.2, 0) is 0 Å². The molecule has 0 aliphatic carbocycles. The van der Waals surface area contributed by atoms with E-state index in [1.165, 1.54) is 0 Å². The number of furan rings is 1. The Balaban J connectivity index is 2.16. The van der Waals surface area contributed by atoms with Crippen LogP contribution in [0.5, 0.6) is 0 Å². The molecule has 2 heterocycles. The average molecular weight is 297 g/mol. The summed E-state index contributed by atoms with van der Waals surface area (Å²) in [6.45, 7) is 1.93. The van der Waals surface area contributed by atoms with Crippen molar-refractivity contribution in [3.8, 4) is 0 Å². The molecule has 2 N–H and O–H groups in total. The van der Waals surface area contributed by atoms with Crippen molar-refractivity contribution >= 4 is 21.7 Å². The summed E-state index contributed by atoms with van der Waals surface area (Å²) in [5, 5.41) is 12.4. The third kappa shape index (κ3) is 2.87. The Kier molecular flexibility index (Phi) is 3.81. The van der Waals surface area contributed by atoms with Crippen LogP contribution in [0.3, 0.4) is 0 Å². The van der Waals surface area contributed by atoms with Gasteiger partial charge in [0, 0.05) is 10.7 Å². The van der Waals surface area contributed by atoms with Crippen molar-refractivity contribution in [3.05, 3.63) is 46.5 Å². The first-order valence-electron chi connectivity index (χ1n) is 5.23. The first-order valence-corrected chi connectivity index (χ1v) is 6.03. The van der Waals surface area contributed by atoms with E-state index < -0.39 is 0 Å². The molecule has 0 bridgehead atoms. The summed E-state index contributed by atoms with van der Waals surface area (Å²) in [4.78, 5) is 4.23. The van der Waals surface area contributed by atoms with Gasteiger partial charge in [-0.25, -0.2) is 4.98 Å². The maximum Gasteiger partial charge on any atom is 0.128 e. The fourth-order valence-electron chi connectivity index (χ4n) is 1.49. The number of aliphatic hydroxyl groups excluding tert-OH is 1. The number of nitrogens with one attached hydrogen (secondary N) is 1. The quantitative estimate of drug-likeness (QED) is 0.911. The number of nitrogens with zero attached hydrogens (tertiary/aromatic N) is 1. The van der Waals surface area contributed by atoms with Crippen LogP contribution >= 0.6 is 15.9 Å². The summed E-state index contributed by atoms with van der Waals surface area (Å²) >= 11 is 3.39. The Morgan fingerprint density at radius 3 is 3.00 bits per heavy atom. The molecule has 4 nitrogen and oxygen atoms in total. The molecule has 90 valence electrons. The molecule has 2 aromatic rings. The van der Waals surface area contributed by atoms with Gasteiger partial charge in [0.2, 0.25) is 0 Å². The van der Waals surface area contributed by atoms with E-state index in [9.17, 15) is 5.11 Å². The molecule has 0 fully saturated rings. The topological polar surface area (TPSA) is 58.3 Å². The van der Waals surface area contributed by atoms with Crippen LogP contribution in [0.4, 0.5) is 5.82 Å². The highest BCUT2D eigenvalue weighted by molar-refractivity contribution is 9.10. The van der Waals surface area contributed by atoms with Gasteiger partial charge >= 0.3 is 0 Å². The van der Waals surface area contributed by atoms with Gasteiger partial charge in [-0.2, -0.15) is 0 Å². The van der Waals surface area contributed by atoms with Crippen molar-refractivity contribution in [1.29, 1.82) is 0 Å². The van der Waals surface area contributed by atoms with Crippen LogP contribution < -0.4 is 5.32 Å². The highest BCUT2D eigenvalue weighted by Crippen LogP contribution is 2.21. The van der Waals surface area contributed by atoms with E-state index >= 15 is 0 Å². The molecule has 0 aliphatic heterocycles. The molecule has 0 aliphatic rings. The van der Waals surface area contributed by atoms with E-state index in [0.29, 0.717) is 11.6 Å². The molecule has 0 amide bonds. The second-order valence-electron chi connectivity index (χ2n) is 3.71. The second-order valence-corrected chi connectivity index (χ2v) is 4.57. The summed E-state index contributed by atoms with van der Waals surface area (Å²) in [7, 11) is 0. The van der Waals surface area contributed by atoms with Crippen LogP contribution in [-0.4, -0.2) is 16.7 Å². The number of hydrogen-bond donors (Lipinski definition) is 2. The van der Waals surface area contributed by atoms with Crippen molar-refractivity contribution < 1.29 is 9.52 Å².